The minimum atomic E-state index is -0.461. The van der Waals surface area contributed by atoms with Crippen LogP contribution in [0.1, 0.15) is 68.4 Å². The Balaban J connectivity index is 1.29. The molecule has 6 rings (SSSR count). The fourth-order valence-corrected chi connectivity index (χ4v) is 5.93. The minimum Gasteiger partial charge on any atom is -0.494 e. The Hall–Kier alpha value is -3.00. The van der Waals surface area contributed by atoms with Crippen LogP contribution in [-0.4, -0.2) is 69.5 Å². The molecule has 0 radical (unpaired) electrons. The van der Waals surface area contributed by atoms with Crippen molar-refractivity contribution in [3.05, 3.63) is 47.7 Å². The van der Waals surface area contributed by atoms with Crippen molar-refractivity contribution in [2.24, 2.45) is 0 Å². The van der Waals surface area contributed by atoms with E-state index in [1.54, 1.807) is 4.57 Å². The van der Waals surface area contributed by atoms with Crippen LogP contribution in [0.3, 0.4) is 0 Å². The standard InChI is InChI=1S/C28H38N4O4/c1-2-3-4-8-24(33)36-22(18-30-14-16-31(17-15-30)23-7-5-6-13-29-23)19-32-27(34)25-20-9-10-21(12-11-20)26(25)28(32)35/h5-7,9-10,13,20-22,34-35H,2-4,8,11-12,14-19H2,1H3. The lowest BCUT2D eigenvalue weighted by molar-refractivity contribution is -0.151. The molecule has 2 aromatic heterocycles. The predicted octanol–water partition coefficient (Wildman–Crippen LogP) is 4.14. The van der Waals surface area contributed by atoms with E-state index in [2.05, 4.69) is 33.9 Å². The molecular formula is C28H38N4O4. The number of nitrogens with zero attached hydrogens (tertiary/aromatic N) is 4. The fourth-order valence-electron chi connectivity index (χ4n) is 5.93. The summed E-state index contributed by atoms with van der Waals surface area (Å²) in [6.45, 7) is 6.25. The number of aromatic hydroxyl groups is 2. The van der Waals surface area contributed by atoms with Crippen LogP contribution >= 0.6 is 0 Å². The molecule has 0 saturated carbocycles. The van der Waals surface area contributed by atoms with Gasteiger partial charge in [-0.25, -0.2) is 4.98 Å². The number of fused-ring (bicyclic) bond motifs is 1. The van der Waals surface area contributed by atoms with Gasteiger partial charge in [-0.3, -0.25) is 14.3 Å². The first kappa shape index (κ1) is 24.7. The smallest absolute Gasteiger partial charge is 0.306 e. The second kappa shape index (κ2) is 10.9. The minimum absolute atomic E-state index is 0.119. The molecule has 3 heterocycles. The molecular weight excluding hydrogens is 456 g/mol. The van der Waals surface area contributed by atoms with Crippen LogP contribution < -0.4 is 4.90 Å². The molecule has 8 nitrogen and oxygen atoms in total. The number of hydrogen-bond donors (Lipinski definition) is 2. The lowest BCUT2D eigenvalue weighted by atomic mass is 9.73. The van der Waals surface area contributed by atoms with E-state index in [-0.39, 0.29) is 36.1 Å². The molecule has 194 valence electrons. The maximum absolute atomic E-state index is 12.7. The van der Waals surface area contributed by atoms with Gasteiger partial charge in [-0.1, -0.05) is 38.0 Å². The highest BCUT2D eigenvalue weighted by Crippen LogP contribution is 2.53. The largest absolute Gasteiger partial charge is 0.494 e. The number of carbonyl (C=O) groups excluding carboxylic acids is 1. The lowest BCUT2D eigenvalue weighted by Gasteiger charge is -2.37. The van der Waals surface area contributed by atoms with Gasteiger partial charge in [0.05, 0.1) is 6.54 Å². The van der Waals surface area contributed by atoms with Crippen molar-refractivity contribution in [1.29, 1.82) is 0 Å². The number of pyridine rings is 1. The molecule has 2 aromatic rings. The summed E-state index contributed by atoms with van der Waals surface area (Å²) < 4.78 is 7.53. The third kappa shape index (κ3) is 5.09. The maximum Gasteiger partial charge on any atom is 0.306 e. The number of unbranched alkanes of at least 4 members (excludes halogenated alkanes) is 2. The van der Waals surface area contributed by atoms with Crippen LogP contribution in [-0.2, 0) is 16.1 Å². The Morgan fingerprint density at radius 3 is 2.31 bits per heavy atom. The van der Waals surface area contributed by atoms with E-state index in [4.69, 9.17) is 4.74 Å². The molecule has 36 heavy (non-hydrogen) atoms. The quantitative estimate of drug-likeness (QED) is 0.291. The summed E-state index contributed by atoms with van der Waals surface area (Å²) in [5.41, 5.74) is 1.70. The van der Waals surface area contributed by atoms with Gasteiger partial charge in [-0.05, 0) is 31.4 Å². The second-order valence-electron chi connectivity index (χ2n) is 10.3. The predicted molar refractivity (Wildman–Crippen MR) is 139 cm³/mol. The molecule has 1 fully saturated rings. The van der Waals surface area contributed by atoms with E-state index < -0.39 is 6.10 Å². The molecule has 3 atom stereocenters. The van der Waals surface area contributed by atoms with E-state index in [0.717, 1.165) is 75.2 Å². The summed E-state index contributed by atoms with van der Waals surface area (Å²) in [6, 6.07) is 5.95. The van der Waals surface area contributed by atoms with Gasteiger partial charge in [0.1, 0.15) is 11.9 Å². The monoisotopic (exact) mass is 494 g/mol. The van der Waals surface area contributed by atoms with Crippen LogP contribution in [0.4, 0.5) is 5.82 Å². The SMILES string of the molecule is CCCCCC(=O)OC(CN1CCN(c2ccccn2)CC1)Cn1c(O)c2c(c1O)C1C=CC2CC1. The topological polar surface area (TPSA) is 91.1 Å². The van der Waals surface area contributed by atoms with E-state index in [0.29, 0.717) is 13.0 Å². The van der Waals surface area contributed by atoms with Gasteiger partial charge in [0.25, 0.3) is 0 Å². The number of carbonyl (C=O) groups is 1. The zero-order valence-electron chi connectivity index (χ0n) is 21.2. The first-order chi connectivity index (χ1) is 17.5. The molecule has 1 saturated heterocycles. The number of rotatable bonds is 10. The molecule has 2 bridgehead atoms. The molecule has 2 N–H and O–H groups in total. The summed E-state index contributed by atoms with van der Waals surface area (Å²) in [5.74, 6) is 1.30. The van der Waals surface area contributed by atoms with Crippen molar-refractivity contribution in [3.63, 3.8) is 0 Å². The summed E-state index contributed by atoms with van der Waals surface area (Å²) in [7, 11) is 0. The van der Waals surface area contributed by atoms with Gasteiger partial charge in [-0.2, -0.15) is 0 Å². The van der Waals surface area contributed by atoms with Crippen molar-refractivity contribution in [2.45, 2.75) is 69.9 Å². The van der Waals surface area contributed by atoms with Gasteiger partial charge < -0.3 is 19.8 Å². The lowest BCUT2D eigenvalue weighted by Crippen LogP contribution is -2.49. The van der Waals surface area contributed by atoms with Gasteiger partial charge in [-0.15, -0.1) is 0 Å². The van der Waals surface area contributed by atoms with Gasteiger partial charge in [0.15, 0.2) is 11.8 Å². The Morgan fingerprint density at radius 1 is 1.03 bits per heavy atom. The van der Waals surface area contributed by atoms with Crippen LogP contribution in [0.15, 0.2) is 36.5 Å². The summed E-state index contributed by atoms with van der Waals surface area (Å²) >= 11 is 0. The number of ether oxygens (including phenoxy) is 1. The third-order valence-corrected chi connectivity index (χ3v) is 7.87. The fraction of sp³-hybridized carbons (Fsp3) is 0.571. The van der Waals surface area contributed by atoms with Crippen LogP contribution in [0.5, 0.6) is 11.8 Å². The molecule has 4 aliphatic rings. The number of esters is 1. The van der Waals surface area contributed by atoms with E-state index in [1.165, 1.54) is 0 Å². The van der Waals surface area contributed by atoms with Gasteiger partial charge >= 0.3 is 5.97 Å². The zero-order valence-corrected chi connectivity index (χ0v) is 21.2. The Morgan fingerprint density at radius 2 is 1.72 bits per heavy atom. The van der Waals surface area contributed by atoms with E-state index in [9.17, 15) is 15.0 Å². The van der Waals surface area contributed by atoms with Crippen molar-refractivity contribution in [1.82, 2.24) is 14.5 Å². The number of hydrogen-bond acceptors (Lipinski definition) is 7. The number of allylic oxidation sites excluding steroid dienone is 2. The first-order valence-corrected chi connectivity index (χ1v) is 13.5. The number of piperazine rings is 1. The van der Waals surface area contributed by atoms with Gasteiger partial charge in [0.2, 0.25) is 0 Å². The van der Waals surface area contributed by atoms with Crippen molar-refractivity contribution >= 4 is 11.8 Å². The Labute approximate surface area is 213 Å². The average molecular weight is 495 g/mol. The van der Waals surface area contributed by atoms with Crippen molar-refractivity contribution in [2.75, 3.05) is 37.6 Å². The van der Waals surface area contributed by atoms with Gasteiger partial charge in [0, 0.05) is 68.3 Å². The highest BCUT2D eigenvalue weighted by atomic mass is 16.5. The molecule has 3 aliphatic carbocycles. The molecule has 3 unspecified atom stereocenters. The zero-order chi connectivity index (χ0) is 25.1. The number of anilines is 1. The summed E-state index contributed by atoms with van der Waals surface area (Å²) in [6.07, 6.45) is 10.9. The Bertz CT molecular complexity index is 1040. The van der Waals surface area contributed by atoms with Crippen LogP contribution in [0, 0.1) is 0 Å². The number of aromatic nitrogens is 2. The summed E-state index contributed by atoms with van der Waals surface area (Å²) in [4.78, 5) is 21.7. The van der Waals surface area contributed by atoms with Crippen molar-refractivity contribution in [3.8, 4) is 11.8 Å². The first-order valence-electron chi connectivity index (χ1n) is 13.5. The average Bonchev–Trinajstić information content (AvgIpc) is 3.17. The molecule has 0 amide bonds. The highest BCUT2D eigenvalue weighted by molar-refractivity contribution is 5.69. The highest BCUT2D eigenvalue weighted by Gasteiger charge is 2.38. The van der Waals surface area contributed by atoms with Crippen molar-refractivity contribution < 1.29 is 19.7 Å². The molecule has 0 spiro atoms. The molecule has 0 aromatic carbocycles. The van der Waals surface area contributed by atoms with E-state index in [1.807, 2.05) is 24.4 Å². The molecule has 8 heteroatoms. The second-order valence-corrected chi connectivity index (χ2v) is 10.3. The third-order valence-electron chi connectivity index (χ3n) is 7.87. The molecule has 1 aliphatic heterocycles. The van der Waals surface area contributed by atoms with Crippen LogP contribution in [0.2, 0.25) is 0 Å². The van der Waals surface area contributed by atoms with E-state index >= 15 is 0 Å². The summed E-state index contributed by atoms with van der Waals surface area (Å²) in [5, 5.41) is 22.2. The Kier molecular flexibility index (Phi) is 7.51. The normalized spacial score (nSPS) is 22.0. The maximum atomic E-state index is 12.7. The van der Waals surface area contributed by atoms with Crippen LogP contribution in [0.25, 0.3) is 0 Å².